The van der Waals surface area contributed by atoms with E-state index in [1.807, 2.05) is 44.2 Å². The molecule has 0 saturated carbocycles. The minimum absolute atomic E-state index is 0. The van der Waals surface area contributed by atoms with Crippen LogP contribution in [0.25, 0.3) is 22.3 Å². The zero-order valence-electron chi connectivity index (χ0n) is 30.8. The van der Waals surface area contributed by atoms with Gasteiger partial charge in [0.1, 0.15) is 11.1 Å². The summed E-state index contributed by atoms with van der Waals surface area (Å²) >= 11 is 0. The molecule has 0 fully saturated rings. The lowest BCUT2D eigenvalue weighted by Gasteiger charge is -2.10. The number of aryl methyl sites for hydroxylation is 4. The number of nitrogens with zero attached hydrogens (tertiary/aromatic N) is 2. The number of carboxylic acids is 1. The van der Waals surface area contributed by atoms with Crippen molar-refractivity contribution in [1.82, 2.24) is 9.97 Å². The molecule has 4 N–H and O–H groups in total. The highest BCUT2D eigenvalue weighted by atomic mass is 19.1. The number of hydrogen-bond donors (Lipinski definition) is 3. The Balaban J connectivity index is 0.000000434. The van der Waals surface area contributed by atoms with Gasteiger partial charge in [-0.2, -0.15) is 19.2 Å². The van der Waals surface area contributed by atoms with E-state index in [9.17, 15) is 27.2 Å². The molecule has 0 unspecified atom stereocenters. The molecule has 0 atom stereocenters. The van der Waals surface area contributed by atoms with E-state index in [2.05, 4.69) is 71.6 Å². The van der Waals surface area contributed by atoms with Crippen LogP contribution in [0, 0.1) is 51.0 Å². The molecule has 300 valence electrons. The molecule has 0 aliphatic rings. The third kappa shape index (κ3) is 14.6. The average Bonchev–Trinajstić information content (AvgIpc) is 3.15. The fraction of sp³-hybridized carbons (Fsp3) is 0.116. The van der Waals surface area contributed by atoms with Gasteiger partial charge in [-0.05, 0) is 85.3 Å². The van der Waals surface area contributed by atoms with E-state index in [0.29, 0.717) is 18.1 Å². The van der Waals surface area contributed by atoms with Crippen LogP contribution in [0.15, 0.2) is 110 Å². The zero-order valence-corrected chi connectivity index (χ0v) is 30.8. The number of hydrogen-bond acceptors (Lipinski definition) is 9. The standard InChI is InChI=1S/C20H16F2N2O.C14H15N.C6H3F2NO2.2CO2.CH4/c1-12-3-4-13(2)16(9-12)14-5-7-15(8-6-14)24-20(25)19-17(21)10-23-11-18(19)22;1-10-3-4-11(2)14(9-10)12-5-7-13(15)8-6-12;7-3-1-9-2-4(8)5(3)6(10)11;2*2-1-3;/h3-11H,1-2H3,(H,24,25);3-9H,15H2,1-2H3;1-2H,(H,10,11);;;1H4. The van der Waals surface area contributed by atoms with Gasteiger partial charge in [0.05, 0.1) is 24.8 Å². The number of carboxylic acid groups (broad SMARTS) is 1. The summed E-state index contributed by atoms with van der Waals surface area (Å²) in [5, 5.41) is 10.7. The molecule has 0 aliphatic carbocycles. The van der Waals surface area contributed by atoms with Crippen molar-refractivity contribution in [3.63, 3.8) is 0 Å². The number of halogens is 4. The van der Waals surface area contributed by atoms with Crippen molar-refractivity contribution in [3.05, 3.63) is 166 Å². The van der Waals surface area contributed by atoms with Crippen LogP contribution in [0.5, 0.6) is 0 Å². The Kier molecular flexibility index (Phi) is 20.1. The number of carbonyl (C=O) groups is 2. The van der Waals surface area contributed by atoms with E-state index in [4.69, 9.17) is 30.0 Å². The predicted molar refractivity (Wildman–Crippen MR) is 207 cm³/mol. The Hall–Kier alpha value is -7.60. The molecule has 11 nitrogen and oxygen atoms in total. The van der Waals surface area contributed by atoms with E-state index in [1.165, 1.54) is 22.3 Å². The number of nitrogen functional groups attached to an aromatic ring is 1. The van der Waals surface area contributed by atoms with Gasteiger partial charge in [0.25, 0.3) is 5.91 Å². The number of anilines is 2. The van der Waals surface area contributed by atoms with Crippen molar-refractivity contribution >= 4 is 35.6 Å². The fourth-order valence-electron chi connectivity index (χ4n) is 4.93. The molecule has 0 radical (unpaired) electrons. The first-order chi connectivity index (χ1) is 27.1. The summed E-state index contributed by atoms with van der Waals surface area (Å²) in [6.45, 7) is 8.29. The summed E-state index contributed by atoms with van der Waals surface area (Å²) < 4.78 is 52.1. The number of aromatic nitrogens is 2. The topological polar surface area (TPSA) is 186 Å². The summed E-state index contributed by atoms with van der Waals surface area (Å²) in [5.74, 6) is -6.82. The van der Waals surface area contributed by atoms with Gasteiger partial charge in [0.15, 0.2) is 23.3 Å². The number of carbonyl (C=O) groups excluding carboxylic acids is 5. The van der Waals surface area contributed by atoms with Crippen molar-refractivity contribution in [2.45, 2.75) is 35.1 Å². The summed E-state index contributed by atoms with van der Waals surface area (Å²) in [7, 11) is 0. The summed E-state index contributed by atoms with van der Waals surface area (Å²) in [5.41, 5.74) is 14.8. The molecule has 6 aromatic rings. The second-order valence-corrected chi connectivity index (χ2v) is 11.7. The Bertz CT molecular complexity index is 2330. The summed E-state index contributed by atoms with van der Waals surface area (Å²) in [4.78, 5) is 61.2. The Morgan fingerprint density at radius 1 is 0.586 bits per heavy atom. The predicted octanol–water partition coefficient (Wildman–Crippen LogP) is 8.98. The Morgan fingerprint density at radius 3 is 1.28 bits per heavy atom. The van der Waals surface area contributed by atoms with Crippen LogP contribution in [-0.4, -0.2) is 39.3 Å². The number of aromatic carboxylic acids is 1. The third-order valence-electron chi connectivity index (χ3n) is 7.61. The van der Waals surface area contributed by atoms with Gasteiger partial charge < -0.3 is 16.2 Å². The van der Waals surface area contributed by atoms with Crippen LogP contribution in [0.2, 0.25) is 0 Å². The molecule has 0 aliphatic heterocycles. The first-order valence-electron chi connectivity index (χ1n) is 16.3. The zero-order chi connectivity index (χ0) is 42.7. The smallest absolute Gasteiger partial charge is 0.373 e. The highest BCUT2D eigenvalue weighted by molar-refractivity contribution is 6.04. The maximum absolute atomic E-state index is 13.6. The molecule has 0 bridgehead atoms. The van der Waals surface area contributed by atoms with Crippen molar-refractivity contribution < 1.29 is 51.4 Å². The molecule has 2 heterocycles. The molecule has 2 aromatic heterocycles. The van der Waals surface area contributed by atoms with Crippen LogP contribution < -0.4 is 11.1 Å². The molecule has 15 heteroatoms. The first-order valence-corrected chi connectivity index (χ1v) is 16.3. The molecule has 0 saturated heterocycles. The SMILES string of the molecule is C.Cc1ccc(C)c(-c2ccc(N)cc2)c1.Cc1ccc(C)c(-c2ccc(NC(=O)c3c(F)cncc3F)cc2)c1.O=C(O)c1c(F)cncc1F.O=C=O.O=C=O. The highest BCUT2D eigenvalue weighted by Crippen LogP contribution is 2.27. The molecule has 6 rings (SSSR count). The van der Waals surface area contributed by atoms with Gasteiger partial charge in [0, 0.05) is 11.4 Å². The minimum atomic E-state index is -1.64. The van der Waals surface area contributed by atoms with Gasteiger partial charge in [-0.1, -0.05) is 79.2 Å². The number of pyridine rings is 2. The van der Waals surface area contributed by atoms with Gasteiger partial charge >= 0.3 is 18.3 Å². The van der Waals surface area contributed by atoms with Gasteiger partial charge in [-0.15, -0.1) is 0 Å². The quantitative estimate of drug-likeness (QED) is 0.112. The number of benzene rings is 4. The largest absolute Gasteiger partial charge is 0.477 e. The van der Waals surface area contributed by atoms with E-state index >= 15 is 0 Å². The number of amides is 1. The van der Waals surface area contributed by atoms with Gasteiger partial charge in [-0.25, -0.2) is 22.4 Å². The van der Waals surface area contributed by atoms with Gasteiger partial charge in [-0.3, -0.25) is 14.8 Å². The lowest BCUT2D eigenvalue weighted by molar-refractivity contribution is -0.193. The average molecular weight is 799 g/mol. The molecule has 0 spiro atoms. The number of rotatable bonds is 5. The van der Waals surface area contributed by atoms with Crippen molar-refractivity contribution in [2.24, 2.45) is 0 Å². The molecular formula is C43H38F4N4O7. The highest BCUT2D eigenvalue weighted by Gasteiger charge is 2.18. The molecular weight excluding hydrogens is 760 g/mol. The summed E-state index contributed by atoms with van der Waals surface area (Å²) in [6.07, 6.45) is 3.41. The second-order valence-electron chi connectivity index (χ2n) is 11.7. The lowest BCUT2D eigenvalue weighted by atomic mass is 9.98. The maximum Gasteiger partial charge on any atom is 0.373 e. The van der Waals surface area contributed by atoms with E-state index in [1.54, 1.807) is 12.1 Å². The second kappa shape index (κ2) is 24.0. The molecule has 58 heavy (non-hydrogen) atoms. The van der Waals surface area contributed by atoms with Crippen molar-refractivity contribution in [1.29, 1.82) is 0 Å². The first kappa shape index (κ1) is 48.4. The van der Waals surface area contributed by atoms with E-state index < -0.39 is 46.3 Å². The van der Waals surface area contributed by atoms with E-state index in [-0.39, 0.29) is 19.7 Å². The Morgan fingerprint density at radius 2 is 0.931 bits per heavy atom. The normalized spacial score (nSPS) is 9.31. The van der Waals surface area contributed by atoms with Crippen molar-refractivity contribution in [3.8, 4) is 22.3 Å². The number of nitrogens with two attached hydrogens (primary N) is 1. The molecule has 4 aromatic carbocycles. The van der Waals surface area contributed by atoms with Gasteiger partial charge in [0.2, 0.25) is 0 Å². The number of nitrogens with one attached hydrogen (secondary N) is 1. The maximum atomic E-state index is 13.6. The monoisotopic (exact) mass is 798 g/mol. The fourth-order valence-corrected chi connectivity index (χ4v) is 4.93. The third-order valence-corrected chi connectivity index (χ3v) is 7.61. The molecule has 1 amide bonds. The minimum Gasteiger partial charge on any atom is -0.477 e. The Labute approximate surface area is 331 Å². The van der Waals surface area contributed by atoms with Crippen molar-refractivity contribution in [2.75, 3.05) is 11.1 Å². The summed E-state index contributed by atoms with van der Waals surface area (Å²) in [6, 6.07) is 27.8. The van der Waals surface area contributed by atoms with Crippen LogP contribution in [0.3, 0.4) is 0 Å². The van der Waals surface area contributed by atoms with Crippen LogP contribution >= 0.6 is 0 Å². The lowest BCUT2D eigenvalue weighted by Crippen LogP contribution is -2.16. The van der Waals surface area contributed by atoms with Crippen LogP contribution in [0.4, 0.5) is 28.9 Å². The van der Waals surface area contributed by atoms with E-state index in [0.717, 1.165) is 40.3 Å². The van der Waals surface area contributed by atoms with Crippen LogP contribution in [-0.2, 0) is 19.2 Å². The van der Waals surface area contributed by atoms with Crippen LogP contribution in [0.1, 0.15) is 50.4 Å².